The van der Waals surface area contributed by atoms with Crippen LogP contribution in [0.4, 0.5) is 0 Å². The number of rotatable bonds is 6. The molecule has 0 saturated carbocycles. The summed E-state index contributed by atoms with van der Waals surface area (Å²) >= 11 is 0. The molecule has 0 aromatic carbocycles. The van der Waals surface area contributed by atoms with Crippen molar-refractivity contribution in [3.63, 3.8) is 0 Å². The van der Waals surface area contributed by atoms with Crippen molar-refractivity contribution >= 4 is 11.9 Å². The standard InChI is InChI=1S/2C4H8O5.Zn/c2*5-1-2(6)3(7)4(8)9;/h2*2-3,5-7H,1H2,(H,8,9);/q;;+2/p-2/t2*2-,3+;/m11./s1. The first kappa shape index (κ1) is 23.4. The number of hydrogen-bond acceptors (Lipinski definition) is 10. The van der Waals surface area contributed by atoms with Crippen LogP contribution in [0.25, 0.3) is 0 Å². The summed E-state index contributed by atoms with van der Waals surface area (Å²) in [6.45, 7) is -1.59. The molecule has 0 aliphatic carbocycles. The van der Waals surface area contributed by atoms with Crippen LogP contribution in [0.2, 0.25) is 0 Å². The van der Waals surface area contributed by atoms with Gasteiger partial charge in [-0.1, -0.05) is 0 Å². The van der Waals surface area contributed by atoms with E-state index in [1.54, 1.807) is 0 Å². The Balaban J connectivity index is -0.000000256. The SMILES string of the molecule is O=C([O-])[C@@H](O)[C@H](O)CO.O=C([O-])[C@@H](O)[C@H](O)CO.[Zn+2]. The number of aliphatic hydroxyl groups excluding tert-OH is 6. The monoisotopic (exact) mass is 334 g/mol. The molecule has 0 radical (unpaired) electrons. The number of carbonyl (C=O) groups excluding carboxylic acids is 2. The molecule has 0 fully saturated rings. The van der Waals surface area contributed by atoms with Gasteiger partial charge in [0.1, 0.15) is 24.4 Å². The van der Waals surface area contributed by atoms with Gasteiger partial charge in [-0.25, -0.2) is 0 Å². The number of carboxylic acids is 2. The second-order valence-corrected chi connectivity index (χ2v) is 3.03. The van der Waals surface area contributed by atoms with Crippen molar-refractivity contribution in [1.82, 2.24) is 0 Å². The minimum Gasteiger partial charge on any atom is -0.547 e. The summed E-state index contributed by atoms with van der Waals surface area (Å²) < 4.78 is 0. The van der Waals surface area contributed by atoms with Crippen molar-refractivity contribution < 1.29 is 69.9 Å². The molecule has 0 aliphatic rings. The minimum atomic E-state index is -2.00. The van der Waals surface area contributed by atoms with E-state index in [4.69, 9.17) is 30.6 Å². The molecular weight excluding hydrogens is 321 g/mol. The number of aliphatic hydroxyl groups is 6. The molecule has 0 saturated heterocycles. The van der Waals surface area contributed by atoms with Crippen LogP contribution in [-0.2, 0) is 29.1 Å². The van der Waals surface area contributed by atoms with Crippen molar-refractivity contribution in [2.75, 3.05) is 13.2 Å². The van der Waals surface area contributed by atoms with Crippen molar-refractivity contribution in [1.29, 1.82) is 0 Å². The maximum Gasteiger partial charge on any atom is 2.00 e. The van der Waals surface area contributed by atoms with Gasteiger partial charge in [0, 0.05) is 0 Å². The first-order valence-electron chi connectivity index (χ1n) is 4.54. The van der Waals surface area contributed by atoms with Crippen molar-refractivity contribution in [2.45, 2.75) is 24.4 Å². The summed E-state index contributed by atoms with van der Waals surface area (Å²) in [5.41, 5.74) is 0. The fourth-order valence-corrected chi connectivity index (χ4v) is 0.514. The van der Waals surface area contributed by atoms with Gasteiger partial charge >= 0.3 is 19.5 Å². The van der Waals surface area contributed by atoms with Crippen LogP contribution in [0.3, 0.4) is 0 Å². The van der Waals surface area contributed by atoms with Crippen LogP contribution >= 0.6 is 0 Å². The maximum atomic E-state index is 9.67. The predicted octanol–water partition coefficient (Wildman–Crippen LogP) is -7.10. The Bertz CT molecular complexity index is 234. The average molecular weight is 336 g/mol. The summed E-state index contributed by atoms with van der Waals surface area (Å²) in [6.07, 6.45) is -7.32. The normalized spacial score (nSPS) is 15.9. The molecule has 0 rings (SSSR count). The van der Waals surface area contributed by atoms with Crippen molar-refractivity contribution in [2.24, 2.45) is 0 Å². The summed E-state index contributed by atoms with van der Waals surface area (Å²) in [7, 11) is 0. The molecular formula is C8H14O10Zn. The van der Waals surface area contributed by atoms with E-state index in [0.29, 0.717) is 0 Å². The molecule has 0 aromatic rings. The summed E-state index contributed by atoms with van der Waals surface area (Å²) in [4.78, 5) is 19.3. The van der Waals surface area contributed by atoms with E-state index in [9.17, 15) is 19.8 Å². The van der Waals surface area contributed by atoms with Gasteiger partial charge in [0.2, 0.25) is 0 Å². The van der Waals surface area contributed by atoms with E-state index in [-0.39, 0.29) is 19.5 Å². The van der Waals surface area contributed by atoms with Gasteiger partial charge in [-0.15, -0.1) is 0 Å². The van der Waals surface area contributed by atoms with Gasteiger partial charge in [0.25, 0.3) is 0 Å². The van der Waals surface area contributed by atoms with Crippen LogP contribution in [0.1, 0.15) is 0 Å². The molecule has 108 valence electrons. The molecule has 4 atom stereocenters. The molecule has 0 aromatic heterocycles. The first-order valence-corrected chi connectivity index (χ1v) is 4.54. The van der Waals surface area contributed by atoms with Crippen LogP contribution < -0.4 is 10.2 Å². The maximum absolute atomic E-state index is 9.67. The largest absolute Gasteiger partial charge is 2.00 e. The Hall–Kier alpha value is -0.677. The fourth-order valence-electron chi connectivity index (χ4n) is 0.514. The van der Waals surface area contributed by atoms with Crippen molar-refractivity contribution in [3.05, 3.63) is 0 Å². The molecule has 0 spiro atoms. The third-order valence-electron chi connectivity index (χ3n) is 1.59. The molecule has 0 aliphatic heterocycles. The number of carboxylic acid groups (broad SMARTS) is 2. The average Bonchev–Trinajstić information content (AvgIpc) is 2.35. The van der Waals surface area contributed by atoms with Gasteiger partial charge < -0.3 is 50.4 Å². The zero-order chi connectivity index (χ0) is 14.9. The van der Waals surface area contributed by atoms with Gasteiger partial charge in [-0.05, 0) is 0 Å². The molecule has 19 heavy (non-hydrogen) atoms. The number of aliphatic carboxylic acids is 2. The Morgan fingerprint density at radius 2 is 1.00 bits per heavy atom. The second kappa shape index (κ2) is 12.4. The second-order valence-electron chi connectivity index (χ2n) is 3.03. The van der Waals surface area contributed by atoms with Gasteiger partial charge in [-0.3, -0.25) is 0 Å². The zero-order valence-corrected chi connectivity index (χ0v) is 12.7. The Labute approximate surface area is 120 Å². The van der Waals surface area contributed by atoms with E-state index >= 15 is 0 Å². The fraction of sp³-hybridized carbons (Fsp3) is 0.750. The molecule has 0 heterocycles. The van der Waals surface area contributed by atoms with E-state index in [2.05, 4.69) is 0 Å². The van der Waals surface area contributed by atoms with Gasteiger partial charge in [0.05, 0.1) is 25.2 Å². The molecule has 10 nitrogen and oxygen atoms in total. The summed E-state index contributed by atoms with van der Waals surface area (Å²) in [6, 6.07) is 0. The molecule has 0 amide bonds. The quantitative estimate of drug-likeness (QED) is 0.253. The topological polar surface area (TPSA) is 202 Å². The third-order valence-corrected chi connectivity index (χ3v) is 1.59. The Kier molecular flexibility index (Phi) is 15.2. The van der Waals surface area contributed by atoms with E-state index in [0.717, 1.165) is 0 Å². The van der Waals surface area contributed by atoms with Crippen molar-refractivity contribution in [3.8, 4) is 0 Å². The molecule has 0 unspecified atom stereocenters. The van der Waals surface area contributed by atoms with Gasteiger partial charge in [0.15, 0.2) is 0 Å². The van der Waals surface area contributed by atoms with Crippen LogP contribution in [-0.4, -0.2) is 80.2 Å². The van der Waals surface area contributed by atoms with Crippen LogP contribution in [0, 0.1) is 0 Å². The molecule has 6 N–H and O–H groups in total. The smallest absolute Gasteiger partial charge is 0.547 e. The van der Waals surface area contributed by atoms with E-state index < -0.39 is 49.6 Å². The Morgan fingerprint density at radius 3 is 1.05 bits per heavy atom. The van der Waals surface area contributed by atoms with Gasteiger partial charge in [-0.2, -0.15) is 0 Å². The Morgan fingerprint density at radius 1 is 0.789 bits per heavy atom. The zero-order valence-electron chi connectivity index (χ0n) is 9.75. The number of hydrogen-bond donors (Lipinski definition) is 6. The van der Waals surface area contributed by atoms with Crippen LogP contribution in [0.15, 0.2) is 0 Å². The number of carbonyl (C=O) groups is 2. The molecule has 0 bridgehead atoms. The van der Waals surface area contributed by atoms with Crippen LogP contribution in [0.5, 0.6) is 0 Å². The predicted molar refractivity (Wildman–Crippen MR) is 48.2 cm³/mol. The summed E-state index contributed by atoms with van der Waals surface area (Å²) in [5.74, 6) is -3.59. The van der Waals surface area contributed by atoms with E-state index in [1.807, 2.05) is 0 Å². The van der Waals surface area contributed by atoms with E-state index in [1.165, 1.54) is 0 Å². The first-order chi connectivity index (χ1) is 8.18. The summed E-state index contributed by atoms with van der Waals surface area (Å²) in [5, 5.41) is 68.8. The minimum absolute atomic E-state index is 0. The molecule has 11 heteroatoms. The third kappa shape index (κ3) is 10.9.